The molecule has 2 aliphatic heterocycles. The molecule has 3 rings (SSSR count). The molecule has 5 heteroatoms. The van der Waals surface area contributed by atoms with Crippen LogP contribution in [0.4, 0.5) is 5.69 Å². The topological polar surface area (TPSA) is 52.7 Å². The maximum absolute atomic E-state index is 12.4. The van der Waals surface area contributed by atoms with Crippen LogP contribution in [0.5, 0.6) is 0 Å². The minimum Gasteiger partial charge on any atom is -0.352 e. The molecule has 26 heavy (non-hydrogen) atoms. The number of amides is 2. The SMILES string of the molecule is CC(C)N1CCC[C@H](CNC(=O)c2ccc(N3CCCCC3=O)cc2)C1. The molecule has 0 spiro atoms. The second kappa shape index (κ2) is 8.67. The summed E-state index contributed by atoms with van der Waals surface area (Å²) in [6.07, 6.45) is 5.03. The number of carbonyl (C=O) groups excluding carboxylic acids is 2. The Labute approximate surface area is 156 Å². The van der Waals surface area contributed by atoms with E-state index >= 15 is 0 Å². The van der Waals surface area contributed by atoms with Gasteiger partial charge >= 0.3 is 0 Å². The van der Waals surface area contributed by atoms with E-state index in [0.29, 0.717) is 23.9 Å². The molecule has 1 atom stereocenters. The van der Waals surface area contributed by atoms with Gasteiger partial charge in [0.05, 0.1) is 0 Å². The summed E-state index contributed by atoms with van der Waals surface area (Å²) in [5.74, 6) is 0.684. The minimum atomic E-state index is -0.0248. The highest BCUT2D eigenvalue weighted by atomic mass is 16.2. The summed E-state index contributed by atoms with van der Waals surface area (Å²) in [6, 6.07) is 8.00. The molecule has 1 aromatic rings. The average Bonchev–Trinajstić information content (AvgIpc) is 2.67. The first kappa shape index (κ1) is 18.9. The normalized spacial score (nSPS) is 21.9. The van der Waals surface area contributed by atoms with Crippen LogP contribution in [0, 0.1) is 5.92 Å². The van der Waals surface area contributed by atoms with Crippen molar-refractivity contribution in [2.75, 3.05) is 31.1 Å². The van der Waals surface area contributed by atoms with Crippen LogP contribution in [-0.4, -0.2) is 48.9 Å². The average molecular weight is 357 g/mol. The Morgan fingerprint density at radius 3 is 2.62 bits per heavy atom. The van der Waals surface area contributed by atoms with E-state index in [2.05, 4.69) is 24.1 Å². The van der Waals surface area contributed by atoms with Crippen molar-refractivity contribution in [2.24, 2.45) is 5.92 Å². The number of piperidine rings is 2. The van der Waals surface area contributed by atoms with Crippen molar-refractivity contribution in [3.05, 3.63) is 29.8 Å². The van der Waals surface area contributed by atoms with E-state index in [9.17, 15) is 9.59 Å². The molecule has 2 fully saturated rings. The van der Waals surface area contributed by atoms with Crippen LogP contribution in [0.2, 0.25) is 0 Å². The Morgan fingerprint density at radius 2 is 1.92 bits per heavy atom. The van der Waals surface area contributed by atoms with Crippen molar-refractivity contribution in [3.63, 3.8) is 0 Å². The summed E-state index contributed by atoms with van der Waals surface area (Å²) in [4.78, 5) is 28.8. The van der Waals surface area contributed by atoms with Gasteiger partial charge in [0.15, 0.2) is 0 Å². The van der Waals surface area contributed by atoms with Crippen molar-refractivity contribution < 1.29 is 9.59 Å². The first-order chi connectivity index (χ1) is 12.5. The van der Waals surface area contributed by atoms with Gasteiger partial charge in [0.25, 0.3) is 5.91 Å². The highest BCUT2D eigenvalue weighted by molar-refractivity contribution is 5.96. The number of hydrogen-bond acceptors (Lipinski definition) is 3. The highest BCUT2D eigenvalue weighted by Gasteiger charge is 2.22. The summed E-state index contributed by atoms with van der Waals surface area (Å²) in [6.45, 7) is 8.20. The molecule has 0 radical (unpaired) electrons. The number of likely N-dealkylation sites (tertiary alicyclic amines) is 1. The smallest absolute Gasteiger partial charge is 0.251 e. The van der Waals surface area contributed by atoms with Gasteiger partial charge in [-0.25, -0.2) is 0 Å². The second-order valence-corrected chi connectivity index (χ2v) is 7.86. The summed E-state index contributed by atoms with van der Waals surface area (Å²) in [5, 5.41) is 3.09. The van der Waals surface area contributed by atoms with Crippen LogP contribution in [0.3, 0.4) is 0 Å². The van der Waals surface area contributed by atoms with Crippen LogP contribution < -0.4 is 10.2 Å². The van der Waals surface area contributed by atoms with E-state index in [1.807, 2.05) is 29.2 Å². The first-order valence-corrected chi connectivity index (χ1v) is 9.97. The van der Waals surface area contributed by atoms with Gasteiger partial charge in [-0.3, -0.25) is 9.59 Å². The molecule has 0 bridgehead atoms. The lowest BCUT2D eigenvalue weighted by atomic mass is 9.97. The summed E-state index contributed by atoms with van der Waals surface area (Å²) in [7, 11) is 0. The molecular weight excluding hydrogens is 326 g/mol. The lowest BCUT2D eigenvalue weighted by molar-refractivity contribution is -0.119. The number of nitrogens with zero attached hydrogens (tertiary/aromatic N) is 2. The number of rotatable bonds is 5. The van der Waals surface area contributed by atoms with Crippen LogP contribution in [0.15, 0.2) is 24.3 Å². The van der Waals surface area contributed by atoms with Gasteiger partial charge in [0.1, 0.15) is 0 Å². The van der Waals surface area contributed by atoms with Crippen molar-refractivity contribution in [1.82, 2.24) is 10.2 Å². The van der Waals surface area contributed by atoms with Crippen LogP contribution in [-0.2, 0) is 4.79 Å². The van der Waals surface area contributed by atoms with Crippen LogP contribution >= 0.6 is 0 Å². The fourth-order valence-corrected chi connectivity index (χ4v) is 3.94. The highest BCUT2D eigenvalue weighted by Crippen LogP contribution is 2.21. The third-order valence-electron chi connectivity index (χ3n) is 5.60. The zero-order valence-electron chi connectivity index (χ0n) is 16.0. The van der Waals surface area contributed by atoms with E-state index in [0.717, 1.165) is 38.2 Å². The Balaban J connectivity index is 1.52. The third-order valence-corrected chi connectivity index (χ3v) is 5.60. The van der Waals surface area contributed by atoms with Crippen LogP contribution in [0.25, 0.3) is 0 Å². The van der Waals surface area contributed by atoms with Crippen molar-refractivity contribution in [3.8, 4) is 0 Å². The van der Waals surface area contributed by atoms with Gasteiger partial charge < -0.3 is 15.1 Å². The molecule has 2 saturated heterocycles. The van der Waals surface area contributed by atoms with E-state index in [1.54, 1.807) is 0 Å². The Hall–Kier alpha value is -1.88. The molecule has 1 aromatic carbocycles. The van der Waals surface area contributed by atoms with Gasteiger partial charge in [-0.1, -0.05) is 0 Å². The fraction of sp³-hybridized carbons (Fsp3) is 0.619. The predicted molar refractivity (Wildman–Crippen MR) is 104 cm³/mol. The maximum atomic E-state index is 12.4. The van der Waals surface area contributed by atoms with Gasteiger partial charge in [0, 0.05) is 43.3 Å². The molecule has 0 aromatic heterocycles. The van der Waals surface area contributed by atoms with E-state index in [-0.39, 0.29) is 11.8 Å². The number of carbonyl (C=O) groups is 2. The lowest BCUT2D eigenvalue weighted by Crippen LogP contribution is -2.43. The Kier molecular flexibility index (Phi) is 6.30. The quantitative estimate of drug-likeness (QED) is 0.881. The minimum absolute atomic E-state index is 0.0248. The molecule has 142 valence electrons. The predicted octanol–water partition coefficient (Wildman–Crippen LogP) is 3.05. The van der Waals surface area contributed by atoms with Crippen LogP contribution in [0.1, 0.15) is 56.3 Å². The fourth-order valence-electron chi connectivity index (χ4n) is 3.94. The molecular formula is C21H31N3O2. The monoisotopic (exact) mass is 357 g/mol. The summed E-state index contributed by atoms with van der Waals surface area (Å²) < 4.78 is 0. The van der Waals surface area contributed by atoms with Crippen molar-refractivity contribution in [1.29, 1.82) is 0 Å². The van der Waals surface area contributed by atoms with Gasteiger partial charge in [-0.15, -0.1) is 0 Å². The molecule has 5 nitrogen and oxygen atoms in total. The van der Waals surface area contributed by atoms with E-state index < -0.39 is 0 Å². The largest absolute Gasteiger partial charge is 0.352 e. The molecule has 2 aliphatic rings. The van der Waals surface area contributed by atoms with E-state index in [1.165, 1.54) is 19.4 Å². The molecule has 1 N–H and O–H groups in total. The molecule has 0 saturated carbocycles. The van der Waals surface area contributed by atoms with Gasteiger partial charge in [-0.2, -0.15) is 0 Å². The molecule has 2 amide bonds. The van der Waals surface area contributed by atoms with Gasteiger partial charge in [-0.05, 0) is 76.3 Å². The third kappa shape index (κ3) is 4.64. The van der Waals surface area contributed by atoms with Crippen molar-refractivity contribution in [2.45, 2.75) is 52.0 Å². The standard InChI is InChI=1S/C21H31N3O2/c1-16(2)23-12-5-6-17(15-23)14-22-21(26)18-8-10-19(11-9-18)24-13-4-3-7-20(24)25/h8-11,16-17H,3-7,12-15H2,1-2H3,(H,22,26)/t17-/m1/s1. The summed E-state index contributed by atoms with van der Waals surface area (Å²) >= 11 is 0. The zero-order valence-corrected chi connectivity index (χ0v) is 16.0. The zero-order chi connectivity index (χ0) is 18.5. The molecule has 2 heterocycles. The van der Waals surface area contributed by atoms with Gasteiger partial charge in [0.2, 0.25) is 5.91 Å². The van der Waals surface area contributed by atoms with Crippen molar-refractivity contribution >= 4 is 17.5 Å². The molecule has 0 unspecified atom stereocenters. The number of nitrogens with one attached hydrogen (secondary N) is 1. The first-order valence-electron chi connectivity index (χ1n) is 9.97. The van der Waals surface area contributed by atoms with E-state index in [4.69, 9.17) is 0 Å². The number of anilines is 1. The Bertz CT molecular complexity index is 627. The lowest BCUT2D eigenvalue weighted by Gasteiger charge is -2.35. The summed E-state index contributed by atoms with van der Waals surface area (Å²) in [5.41, 5.74) is 1.56. The molecule has 0 aliphatic carbocycles. The maximum Gasteiger partial charge on any atom is 0.251 e. The number of benzene rings is 1. The number of hydrogen-bond donors (Lipinski definition) is 1. The Morgan fingerprint density at radius 1 is 1.15 bits per heavy atom. The second-order valence-electron chi connectivity index (χ2n) is 7.86.